The highest BCUT2D eigenvalue weighted by Gasteiger charge is 2.32. The van der Waals surface area contributed by atoms with Crippen molar-refractivity contribution < 1.29 is 28.6 Å². The predicted molar refractivity (Wildman–Crippen MR) is 97.3 cm³/mol. The van der Waals surface area contributed by atoms with E-state index in [0.29, 0.717) is 5.56 Å². The number of rotatable bonds is 6. The van der Waals surface area contributed by atoms with Crippen LogP contribution in [-0.2, 0) is 14.3 Å². The van der Waals surface area contributed by atoms with Gasteiger partial charge in [-0.25, -0.2) is 9.18 Å². The molecule has 0 saturated carbocycles. The maximum absolute atomic E-state index is 13.9. The average Bonchev–Trinajstić information content (AvgIpc) is 2.83. The quantitative estimate of drug-likeness (QED) is 0.763. The van der Waals surface area contributed by atoms with Crippen molar-refractivity contribution in [1.29, 1.82) is 0 Å². The first-order chi connectivity index (χ1) is 12.8. The van der Waals surface area contributed by atoms with E-state index in [-0.39, 0.29) is 49.9 Å². The van der Waals surface area contributed by atoms with Crippen molar-refractivity contribution in [3.63, 3.8) is 0 Å². The molecule has 1 aromatic carbocycles. The smallest absolute Gasteiger partial charge is 0.407 e. The summed E-state index contributed by atoms with van der Waals surface area (Å²) in [5.74, 6) is -1.28. The van der Waals surface area contributed by atoms with E-state index >= 15 is 0 Å². The van der Waals surface area contributed by atoms with Crippen LogP contribution in [0.3, 0.4) is 0 Å². The molecular weight excluding hydrogens is 379 g/mol. The number of carboxylic acid groups (broad SMARTS) is 1. The summed E-state index contributed by atoms with van der Waals surface area (Å²) in [7, 11) is 0. The van der Waals surface area contributed by atoms with Crippen molar-refractivity contribution >= 4 is 23.6 Å². The zero-order chi connectivity index (χ0) is 20.0. The van der Waals surface area contributed by atoms with Gasteiger partial charge in [-0.2, -0.15) is 0 Å². The summed E-state index contributed by atoms with van der Waals surface area (Å²) in [6, 6.07) is 4.35. The van der Waals surface area contributed by atoms with Crippen molar-refractivity contribution in [2.45, 2.75) is 26.1 Å². The largest absolute Gasteiger partial charge is 0.465 e. The number of ether oxygens (including phenoxy) is 2. The van der Waals surface area contributed by atoms with Gasteiger partial charge in [0.1, 0.15) is 12.4 Å². The third-order valence-corrected chi connectivity index (χ3v) is 4.50. The number of hydrogen-bond acceptors (Lipinski definition) is 4. The molecule has 1 aliphatic rings. The van der Waals surface area contributed by atoms with Gasteiger partial charge in [0.2, 0.25) is 5.91 Å². The molecule has 7 nitrogen and oxygen atoms in total. The summed E-state index contributed by atoms with van der Waals surface area (Å²) in [6.07, 6.45) is -1.72. The molecule has 0 spiro atoms. The Morgan fingerprint density at radius 3 is 2.85 bits per heavy atom. The maximum Gasteiger partial charge on any atom is 0.407 e. The minimum atomic E-state index is -1.07. The van der Waals surface area contributed by atoms with Crippen molar-refractivity contribution in [2.75, 3.05) is 32.8 Å². The zero-order valence-corrected chi connectivity index (χ0v) is 16.0. The molecule has 1 aliphatic heterocycles. The van der Waals surface area contributed by atoms with E-state index in [4.69, 9.17) is 21.1 Å². The van der Waals surface area contributed by atoms with Crippen LogP contribution >= 0.6 is 11.6 Å². The van der Waals surface area contributed by atoms with Crippen LogP contribution in [0.5, 0.6) is 0 Å². The molecule has 150 valence electrons. The molecule has 0 unspecified atom stereocenters. The third-order valence-electron chi connectivity index (χ3n) is 4.19. The second kappa shape index (κ2) is 9.87. The highest BCUT2D eigenvalue weighted by Crippen LogP contribution is 2.31. The van der Waals surface area contributed by atoms with Gasteiger partial charge in [0.25, 0.3) is 0 Å². The SMILES string of the molecule is CC(C)OCC(=O)NC[C@@H]1CN(C(=O)O)CCO[C@H]1c1ccc(Cl)c(F)c1. The number of nitrogens with zero attached hydrogens (tertiary/aromatic N) is 1. The summed E-state index contributed by atoms with van der Waals surface area (Å²) in [6.45, 7) is 4.23. The lowest BCUT2D eigenvalue weighted by molar-refractivity contribution is -0.127. The van der Waals surface area contributed by atoms with Gasteiger partial charge in [-0.05, 0) is 31.5 Å². The van der Waals surface area contributed by atoms with Crippen molar-refractivity contribution in [2.24, 2.45) is 5.92 Å². The lowest BCUT2D eigenvalue weighted by Gasteiger charge is -2.27. The standard InChI is InChI=1S/C18H24ClFN2O5/c1-11(2)27-10-16(23)21-8-13-9-22(18(24)25)5-6-26-17(13)12-3-4-14(19)15(20)7-12/h3-4,7,11,13,17H,5-6,8-10H2,1-2H3,(H,21,23)(H,24,25)/t13-,17+/m1/s1. The number of carbonyl (C=O) groups excluding carboxylic acids is 1. The lowest BCUT2D eigenvalue weighted by Crippen LogP contribution is -2.41. The number of halogens is 2. The van der Waals surface area contributed by atoms with E-state index in [0.717, 1.165) is 0 Å². The Morgan fingerprint density at radius 1 is 1.48 bits per heavy atom. The Bertz CT molecular complexity index is 673. The lowest BCUT2D eigenvalue weighted by atomic mass is 9.95. The minimum Gasteiger partial charge on any atom is -0.465 e. The molecule has 0 radical (unpaired) electrons. The monoisotopic (exact) mass is 402 g/mol. The topological polar surface area (TPSA) is 88.1 Å². The zero-order valence-electron chi connectivity index (χ0n) is 15.3. The molecule has 2 atom stereocenters. The first-order valence-corrected chi connectivity index (χ1v) is 9.08. The maximum atomic E-state index is 13.9. The normalized spacial score (nSPS) is 20.4. The van der Waals surface area contributed by atoms with Gasteiger partial charge in [-0.15, -0.1) is 0 Å². The van der Waals surface area contributed by atoms with Crippen molar-refractivity contribution in [1.82, 2.24) is 10.2 Å². The molecule has 2 amide bonds. The highest BCUT2D eigenvalue weighted by molar-refractivity contribution is 6.30. The van der Waals surface area contributed by atoms with Gasteiger partial charge in [-0.3, -0.25) is 4.79 Å². The van der Waals surface area contributed by atoms with E-state index in [9.17, 15) is 19.1 Å². The summed E-state index contributed by atoms with van der Waals surface area (Å²) in [4.78, 5) is 24.6. The minimum absolute atomic E-state index is 0.00442. The molecule has 1 saturated heterocycles. The molecule has 9 heteroatoms. The van der Waals surface area contributed by atoms with Gasteiger partial charge in [-0.1, -0.05) is 17.7 Å². The van der Waals surface area contributed by atoms with E-state index in [1.165, 1.54) is 17.0 Å². The van der Waals surface area contributed by atoms with Gasteiger partial charge in [0.05, 0.1) is 23.8 Å². The van der Waals surface area contributed by atoms with Crippen molar-refractivity contribution in [3.05, 3.63) is 34.6 Å². The Labute approximate surface area is 162 Å². The van der Waals surface area contributed by atoms with Crippen LogP contribution in [0.4, 0.5) is 9.18 Å². The van der Waals surface area contributed by atoms with Crippen molar-refractivity contribution in [3.8, 4) is 0 Å². The fourth-order valence-electron chi connectivity index (χ4n) is 2.84. The average molecular weight is 403 g/mol. The number of amides is 2. The van der Waals surface area contributed by atoms with Crippen LogP contribution < -0.4 is 5.32 Å². The first kappa shape index (κ1) is 21.4. The molecule has 1 aromatic rings. The van der Waals surface area contributed by atoms with Gasteiger partial charge in [0.15, 0.2) is 0 Å². The molecule has 2 N–H and O–H groups in total. The van der Waals surface area contributed by atoms with Crippen LogP contribution in [0.2, 0.25) is 5.02 Å². The molecule has 1 heterocycles. The van der Waals surface area contributed by atoms with E-state index in [1.807, 2.05) is 13.8 Å². The van der Waals surface area contributed by atoms with Crippen LogP contribution in [-0.4, -0.2) is 61.0 Å². The van der Waals surface area contributed by atoms with Crippen LogP contribution in [0.25, 0.3) is 0 Å². The van der Waals surface area contributed by atoms with Gasteiger partial charge < -0.3 is 24.8 Å². The first-order valence-electron chi connectivity index (χ1n) is 8.70. The summed E-state index contributed by atoms with van der Waals surface area (Å²) >= 11 is 5.74. The van der Waals surface area contributed by atoms with E-state index in [2.05, 4.69) is 5.32 Å². The highest BCUT2D eigenvalue weighted by atomic mass is 35.5. The molecule has 0 aromatic heterocycles. The molecule has 0 aliphatic carbocycles. The Balaban J connectivity index is 2.14. The summed E-state index contributed by atoms with van der Waals surface area (Å²) < 4.78 is 24.9. The van der Waals surface area contributed by atoms with Gasteiger partial charge in [0, 0.05) is 25.6 Å². The number of hydrogen-bond donors (Lipinski definition) is 2. The Kier molecular flexibility index (Phi) is 7.82. The van der Waals surface area contributed by atoms with E-state index < -0.39 is 23.9 Å². The third kappa shape index (κ3) is 6.34. The summed E-state index contributed by atoms with van der Waals surface area (Å²) in [5, 5.41) is 12.1. The van der Waals surface area contributed by atoms with Crippen LogP contribution in [0.1, 0.15) is 25.5 Å². The van der Waals surface area contributed by atoms with Gasteiger partial charge >= 0.3 is 6.09 Å². The second-order valence-corrected chi connectivity index (χ2v) is 7.02. The van der Waals surface area contributed by atoms with Crippen LogP contribution in [0.15, 0.2) is 18.2 Å². The number of nitrogens with one attached hydrogen (secondary N) is 1. The molecule has 27 heavy (non-hydrogen) atoms. The fraction of sp³-hybridized carbons (Fsp3) is 0.556. The fourth-order valence-corrected chi connectivity index (χ4v) is 2.95. The number of benzene rings is 1. The second-order valence-electron chi connectivity index (χ2n) is 6.62. The number of carbonyl (C=O) groups is 2. The molecular formula is C18H24ClFN2O5. The predicted octanol–water partition coefficient (Wildman–Crippen LogP) is 2.69. The summed E-state index contributed by atoms with van der Waals surface area (Å²) in [5.41, 5.74) is 0.543. The van der Waals surface area contributed by atoms with Crippen LogP contribution in [0, 0.1) is 11.7 Å². The van der Waals surface area contributed by atoms with E-state index in [1.54, 1.807) is 6.07 Å². The molecule has 1 fully saturated rings. The Morgan fingerprint density at radius 2 is 2.22 bits per heavy atom. The Hall–Kier alpha value is -1.90. The molecule has 0 bridgehead atoms. The molecule has 2 rings (SSSR count).